The molecule has 1 N–H and O–H groups in total. The normalized spacial score (nSPS) is 10.8. The zero-order valence-corrected chi connectivity index (χ0v) is 22.4. The van der Waals surface area contributed by atoms with E-state index in [0.717, 1.165) is 11.1 Å². The van der Waals surface area contributed by atoms with Crippen molar-refractivity contribution in [1.82, 2.24) is 14.9 Å². The van der Waals surface area contributed by atoms with E-state index in [1.165, 1.54) is 28.5 Å². The number of nitro groups is 1. The molecule has 0 bridgehead atoms. The van der Waals surface area contributed by atoms with Gasteiger partial charge in [-0.15, -0.1) is 0 Å². The fourth-order valence-electron chi connectivity index (χ4n) is 4.05. The van der Waals surface area contributed by atoms with Gasteiger partial charge in [0.05, 0.1) is 30.0 Å². The van der Waals surface area contributed by atoms with Gasteiger partial charge in [0.1, 0.15) is 0 Å². The van der Waals surface area contributed by atoms with Gasteiger partial charge in [-0.1, -0.05) is 42.1 Å². The van der Waals surface area contributed by atoms with Crippen molar-refractivity contribution in [1.29, 1.82) is 0 Å². The largest absolute Gasteiger partial charge is 0.493 e. The van der Waals surface area contributed by atoms with E-state index in [-0.39, 0.29) is 30.1 Å². The van der Waals surface area contributed by atoms with Crippen LogP contribution in [-0.4, -0.2) is 41.1 Å². The summed E-state index contributed by atoms with van der Waals surface area (Å²) in [6, 6.07) is 19.0. The van der Waals surface area contributed by atoms with Gasteiger partial charge in [0.2, 0.25) is 5.91 Å². The molecule has 4 aromatic rings. The molecule has 0 fully saturated rings. The molecule has 3 aromatic carbocycles. The van der Waals surface area contributed by atoms with Crippen LogP contribution in [0.3, 0.4) is 0 Å². The second-order valence-corrected chi connectivity index (χ2v) is 9.57. The highest BCUT2D eigenvalue weighted by Gasteiger charge is 2.14. The van der Waals surface area contributed by atoms with Crippen molar-refractivity contribution < 1.29 is 19.2 Å². The molecule has 1 amide bonds. The molecule has 0 atom stereocenters. The first-order chi connectivity index (χ1) is 18.9. The number of nitrogens with one attached hydrogen (secondary N) is 1. The summed E-state index contributed by atoms with van der Waals surface area (Å²) >= 11 is 1.30. The van der Waals surface area contributed by atoms with Crippen LogP contribution < -0.4 is 20.3 Å². The monoisotopic (exact) mass is 548 g/mol. The second kappa shape index (κ2) is 12.9. The lowest BCUT2D eigenvalue weighted by Gasteiger charge is -2.13. The number of ether oxygens (including phenoxy) is 2. The summed E-state index contributed by atoms with van der Waals surface area (Å²) in [6.45, 7) is 0.573. The van der Waals surface area contributed by atoms with Crippen molar-refractivity contribution in [3.63, 3.8) is 0 Å². The molecule has 0 aliphatic rings. The number of benzene rings is 3. The number of thioether (sulfide) groups is 1. The number of amides is 1. The molecule has 0 unspecified atom stereocenters. The van der Waals surface area contributed by atoms with Gasteiger partial charge in [-0.2, -0.15) is 0 Å². The minimum Gasteiger partial charge on any atom is -0.493 e. The highest BCUT2D eigenvalue weighted by Crippen LogP contribution is 2.28. The molecule has 0 aliphatic carbocycles. The topological polar surface area (TPSA) is 126 Å². The van der Waals surface area contributed by atoms with Crippen LogP contribution in [0.4, 0.5) is 5.69 Å². The van der Waals surface area contributed by atoms with Crippen molar-refractivity contribution >= 4 is 34.3 Å². The number of para-hydroxylation sites is 1. The Morgan fingerprint density at radius 1 is 1.03 bits per heavy atom. The minimum atomic E-state index is -0.442. The van der Waals surface area contributed by atoms with Crippen LogP contribution in [-0.2, 0) is 23.5 Å². The Bertz CT molecular complexity index is 1560. The third kappa shape index (κ3) is 6.94. The van der Waals surface area contributed by atoms with Gasteiger partial charge in [-0.05, 0) is 41.8 Å². The van der Waals surface area contributed by atoms with Crippen LogP contribution in [0.15, 0.2) is 76.7 Å². The van der Waals surface area contributed by atoms with Crippen LogP contribution >= 0.6 is 11.8 Å². The Kier molecular flexibility index (Phi) is 9.16. The van der Waals surface area contributed by atoms with E-state index < -0.39 is 4.92 Å². The molecule has 4 rings (SSSR count). The first-order valence-corrected chi connectivity index (χ1v) is 13.2. The lowest BCUT2D eigenvalue weighted by Crippen LogP contribution is -2.30. The second-order valence-electron chi connectivity index (χ2n) is 8.62. The molecule has 1 aromatic heterocycles. The number of methoxy groups -OCH3 is 2. The van der Waals surface area contributed by atoms with E-state index in [9.17, 15) is 19.7 Å². The Morgan fingerprint density at radius 2 is 1.82 bits per heavy atom. The van der Waals surface area contributed by atoms with E-state index in [1.54, 1.807) is 50.6 Å². The zero-order valence-electron chi connectivity index (χ0n) is 21.6. The molecule has 0 saturated carbocycles. The first kappa shape index (κ1) is 27.6. The molecule has 39 heavy (non-hydrogen) atoms. The summed E-state index contributed by atoms with van der Waals surface area (Å²) in [7, 11) is 3.15. The van der Waals surface area contributed by atoms with Crippen molar-refractivity contribution in [2.24, 2.45) is 0 Å². The Morgan fingerprint density at radius 3 is 2.59 bits per heavy atom. The quantitative estimate of drug-likeness (QED) is 0.120. The van der Waals surface area contributed by atoms with Crippen LogP contribution in [0, 0.1) is 10.1 Å². The van der Waals surface area contributed by atoms with Crippen LogP contribution in [0.1, 0.15) is 17.5 Å². The van der Waals surface area contributed by atoms with E-state index in [4.69, 9.17) is 9.47 Å². The summed E-state index contributed by atoms with van der Waals surface area (Å²) in [4.78, 5) is 41.3. The maximum absolute atomic E-state index is 13.3. The number of hydrogen-bond acceptors (Lipinski definition) is 8. The molecular weight excluding hydrogens is 520 g/mol. The van der Waals surface area contributed by atoms with E-state index >= 15 is 0 Å². The standard InChI is InChI=1S/C28H28N4O6S/c1-37-24-11-10-19(17-25(24)38-2)12-14-29-26(33)13-15-31-27(34)22-8-3-4-9-23(22)30-28(31)39-18-20-6-5-7-21(16-20)32(35)36/h3-11,16-17H,12-15,18H2,1-2H3,(H,29,33). The fraction of sp³-hybridized carbons (Fsp3) is 0.250. The zero-order chi connectivity index (χ0) is 27.8. The molecule has 202 valence electrons. The summed E-state index contributed by atoms with van der Waals surface area (Å²) < 4.78 is 12.1. The highest BCUT2D eigenvalue weighted by molar-refractivity contribution is 7.98. The third-order valence-corrected chi connectivity index (χ3v) is 7.11. The summed E-state index contributed by atoms with van der Waals surface area (Å²) in [5, 5.41) is 14.9. The minimum absolute atomic E-state index is 0.00159. The predicted octanol–water partition coefficient (Wildman–Crippen LogP) is 4.36. The van der Waals surface area contributed by atoms with Crippen LogP contribution in [0.5, 0.6) is 11.5 Å². The molecule has 0 radical (unpaired) electrons. The molecular formula is C28H28N4O6S. The number of nitrogens with zero attached hydrogens (tertiary/aromatic N) is 3. The summed E-state index contributed by atoms with van der Waals surface area (Å²) in [5.41, 5.74) is 2.04. The van der Waals surface area contributed by atoms with Gasteiger partial charge in [-0.3, -0.25) is 24.3 Å². The first-order valence-electron chi connectivity index (χ1n) is 12.2. The molecule has 11 heteroatoms. The maximum Gasteiger partial charge on any atom is 0.269 e. The van der Waals surface area contributed by atoms with Crippen molar-refractivity contribution in [3.8, 4) is 11.5 Å². The van der Waals surface area contributed by atoms with E-state index in [1.807, 2.05) is 18.2 Å². The van der Waals surface area contributed by atoms with Crippen molar-refractivity contribution in [2.75, 3.05) is 20.8 Å². The SMILES string of the molecule is COc1ccc(CCNC(=O)CCn2c(SCc3cccc([N+](=O)[O-])c3)nc3ccccc3c2=O)cc1OC. The molecule has 0 aliphatic heterocycles. The molecule has 1 heterocycles. The summed E-state index contributed by atoms with van der Waals surface area (Å²) in [6.07, 6.45) is 0.699. The predicted molar refractivity (Wildman–Crippen MR) is 150 cm³/mol. The van der Waals surface area contributed by atoms with Crippen molar-refractivity contribution in [3.05, 3.63) is 98.3 Å². The van der Waals surface area contributed by atoms with E-state index in [2.05, 4.69) is 10.3 Å². The molecule has 10 nitrogen and oxygen atoms in total. The molecule has 0 spiro atoms. The van der Waals surface area contributed by atoms with Gasteiger partial charge >= 0.3 is 0 Å². The van der Waals surface area contributed by atoms with Crippen LogP contribution in [0.2, 0.25) is 0 Å². The lowest BCUT2D eigenvalue weighted by molar-refractivity contribution is -0.384. The fourth-order valence-corrected chi connectivity index (χ4v) is 5.02. The van der Waals surface area contributed by atoms with Gasteiger partial charge in [0, 0.05) is 37.4 Å². The van der Waals surface area contributed by atoms with Gasteiger partial charge in [0.25, 0.3) is 11.2 Å². The Hall–Kier alpha value is -4.38. The average molecular weight is 549 g/mol. The number of rotatable bonds is 12. The number of carbonyl (C=O) groups excluding carboxylic acids is 1. The number of nitro benzene ring substituents is 1. The lowest BCUT2D eigenvalue weighted by atomic mass is 10.1. The number of carbonyl (C=O) groups is 1. The van der Waals surface area contributed by atoms with E-state index in [0.29, 0.717) is 46.3 Å². The van der Waals surface area contributed by atoms with Gasteiger partial charge in [0.15, 0.2) is 16.7 Å². The number of hydrogen-bond donors (Lipinski definition) is 1. The number of aromatic nitrogens is 2. The summed E-state index contributed by atoms with van der Waals surface area (Å²) in [5.74, 6) is 1.45. The maximum atomic E-state index is 13.3. The van der Waals surface area contributed by atoms with Gasteiger partial charge < -0.3 is 14.8 Å². The Balaban J connectivity index is 1.43. The van der Waals surface area contributed by atoms with Crippen molar-refractivity contribution in [2.45, 2.75) is 30.3 Å². The average Bonchev–Trinajstić information content (AvgIpc) is 2.95. The third-order valence-electron chi connectivity index (χ3n) is 6.06. The van der Waals surface area contributed by atoms with Gasteiger partial charge in [-0.25, -0.2) is 4.98 Å². The number of fused-ring (bicyclic) bond motifs is 1. The molecule has 0 saturated heterocycles. The smallest absolute Gasteiger partial charge is 0.269 e. The number of non-ortho nitro benzene ring substituents is 1. The van der Waals surface area contributed by atoms with Crippen LogP contribution in [0.25, 0.3) is 10.9 Å². The Labute approximate surface area is 229 Å². The highest BCUT2D eigenvalue weighted by atomic mass is 32.2.